The van der Waals surface area contributed by atoms with Gasteiger partial charge in [-0.3, -0.25) is 0 Å². The van der Waals surface area contributed by atoms with E-state index in [1.54, 1.807) is 6.20 Å². The van der Waals surface area contributed by atoms with Crippen LogP contribution in [0, 0.1) is 6.92 Å². The number of aryl methyl sites for hydroxylation is 1. The Hall–Kier alpha value is -2.22. The highest BCUT2D eigenvalue weighted by Crippen LogP contribution is 2.21. The Morgan fingerprint density at radius 1 is 1.33 bits per heavy atom. The lowest BCUT2D eigenvalue weighted by Crippen LogP contribution is -2.33. The number of hydrogen-bond acceptors (Lipinski definition) is 7. The van der Waals surface area contributed by atoms with Crippen LogP contribution in [-0.2, 0) is 16.4 Å². The molecule has 0 saturated carbocycles. The zero-order valence-electron chi connectivity index (χ0n) is 13.8. The molecule has 128 valence electrons. The average Bonchev–Trinajstić information content (AvgIpc) is 2.94. The maximum atomic E-state index is 11.6. The molecule has 2 aromatic rings. The molecule has 7 nitrogen and oxygen atoms in total. The molecule has 0 bridgehead atoms. The molecule has 1 aliphatic rings. The molecule has 24 heavy (non-hydrogen) atoms. The molecular formula is C16H21N5O2S. The molecule has 3 rings (SSSR count). The standard InChI is InChI=1S/C16H21N5O2S/c1-12-5-3-4-6-13(12)9-17-16-19-15(10-18-20-16)21(2)14-7-8-24(22,23)11-14/h3-6,10,14H,7-9,11H2,1-2H3,(H,17,19,20). The molecule has 0 spiro atoms. The number of nitrogens with zero attached hydrogens (tertiary/aromatic N) is 4. The summed E-state index contributed by atoms with van der Waals surface area (Å²) in [6.45, 7) is 2.67. The molecule has 0 amide bonds. The van der Waals surface area contributed by atoms with Crippen LogP contribution in [0.2, 0.25) is 0 Å². The van der Waals surface area contributed by atoms with E-state index in [0.717, 1.165) is 0 Å². The van der Waals surface area contributed by atoms with Crippen LogP contribution in [0.15, 0.2) is 30.5 Å². The van der Waals surface area contributed by atoms with E-state index in [1.165, 1.54) is 11.1 Å². The Labute approximate surface area is 142 Å². The Morgan fingerprint density at radius 3 is 2.83 bits per heavy atom. The van der Waals surface area contributed by atoms with Crippen molar-refractivity contribution in [3.63, 3.8) is 0 Å². The number of rotatable bonds is 5. The number of aromatic nitrogens is 3. The molecule has 1 aromatic heterocycles. The summed E-state index contributed by atoms with van der Waals surface area (Å²) in [5.41, 5.74) is 2.36. The molecule has 1 N–H and O–H groups in total. The molecule has 1 aromatic carbocycles. The highest BCUT2D eigenvalue weighted by atomic mass is 32.2. The van der Waals surface area contributed by atoms with Gasteiger partial charge in [0, 0.05) is 19.6 Å². The predicted octanol–water partition coefficient (Wildman–Crippen LogP) is 1.42. The van der Waals surface area contributed by atoms with Gasteiger partial charge >= 0.3 is 0 Å². The third-order valence-electron chi connectivity index (χ3n) is 4.36. The molecular weight excluding hydrogens is 326 g/mol. The van der Waals surface area contributed by atoms with Gasteiger partial charge in [-0.25, -0.2) is 8.42 Å². The van der Waals surface area contributed by atoms with Crippen molar-refractivity contribution < 1.29 is 8.42 Å². The number of anilines is 2. The first-order valence-corrected chi connectivity index (χ1v) is 9.68. The molecule has 2 heterocycles. The fourth-order valence-corrected chi connectivity index (χ4v) is 4.56. The smallest absolute Gasteiger partial charge is 0.244 e. The summed E-state index contributed by atoms with van der Waals surface area (Å²) in [5, 5.41) is 11.2. The highest BCUT2D eigenvalue weighted by Gasteiger charge is 2.31. The molecule has 1 aliphatic heterocycles. The van der Waals surface area contributed by atoms with Crippen LogP contribution in [0.1, 0.15) is 17.5 Å². The lowest BCUT2D eigenvalue weighted by atomic mass is 10.1. The predicted molar refractivity (Wildman–Crippen MR) is 93.8 cm³/mol. The van der Waals surface area contributed by atoms with Gasteiger partial charge in [-0.1, -0.05) is 24.3 Å². The summed E-state index contributed by atoms with van der Waals surface area (Å²) in [7, 11) is -1.08. The van der Waals surface area contributed by atoms with Gasteiger partial charge in [-0.2, -0.15) is 10.1 Å². The van der Waals surface area contributed by atoms with E-state index in [0.29, 0.717) is 24.7 Å². The van der Waals surface area contributed by atoms with E-state index < -0.39 is 9.84 Å². The first-order chi connectivity index (χ1) is 11.4. The van der Waals surface area contributed by atoms with Crippen molar-refractivity contribution in [2.24, 2.45) is 0 Å². The van der Waals surface area contributed by atoms with Gasteiger partial charge in [0.05, 0.1) is 17.7 Å². The zero-order valence-corrected chi connectivity index (χ0v) is 14.6. The van der Waals surface area contributed by atoms with Crippen LogP contribution in [0.5, 0.6) is 0 Å². The van der Waals surface area contributed by atoms with Crippen molar-refractivity contribution in [2.45, 2.75) is 25.9 Å². The molecule has 0 aliphatic carbocycles. The van der Waals surface area contributed by atoms with E-state index in [9.17, 15) is 8.42 Å². The van der Waals surface area contributed by atoms with Crippen LogP contribution in [0.3, 0.4) is 0 Å². The Balaban J connectivity index is 1.69. The maximum Gasteiger partial charge on any atom is 0.244 e. The monoisotopic (exact) mass is 347 g/mol. The Kier molecular flexibility index (Phi) is 4.66. The molecule has 0 radical (unpaired) electrons. The number of hydrogen-bond donors (Lipinski definition) is 1. The van der Waals surface area contributed by atoms with E-state index in [2.05, 4.69) is 39.6 Å². The van der Waals surface area contributed by atoms with Gasteiger partial charge in [0.25, 0.3) is 0 Å². The van der Waals surface area contributed by atoms with Crippen LogP contribution < -0.4 is 10.2 Å². The minimum absolute atomic E-state index is 0.0593. The van der Waals surface area contributed by atoms with Crippen molar-refractivity contribution >= 4 is 21.6 Å². The molecule has 8 heteroatoms. The van der Waals surface area contributed by atoms with E-state index >= 15 is 0 Å². The fraction of sp³-hybridized carbons (Fsp3) is 0.438. The zero-order chi connectivity index (χ0) is 17.2. The largest absolute Gasteiger partial charge is 0.354 e. The van der Waals surface area contributed by atoms with Crippen LogP contribution in [-0.4, -0.2) is 48.2 Å². The third-order valence-corrected chi connectivity index (χ3v) is 6.11. The number of nitrogens with one attached hydrogen (secondary N) is 1. The lowest BCUT2D eigenvalue weighted by molar-refractivity contribution is 0.600. The van der Waals surface area contributed by atoms with Crippen LogP contribution in [0.25, 0.3) is 0 Å². The van der Waals surface area contributed by atoms with E-state index in [-0.39, 0.29) is 17.5 Å². The van der Waals surface area contributed by atoms with Gasteiger partial charge in [0.2, 0.25) is 5.95 Å². The molecule has 1 fully saturated rings. The summed E-state index contributed by atoms with van der Waals surface area (Å²) in [5.74, 6) is 1.46. The van der Waals surface area contributed by atoms with Crippen molar-refractivity contribution in [3.05, 3.63) is 41.6 Å². The van der Waals surface area contributed by atoms with Gasteiger partial charge in [0.1, 0.15) is 0 Å². The van der Waals surface area contributed by atoms with Crippen LogP contribution in [0.4, 0.5) is 11.8 Å². The van der Waals surface area contributed by atoms with Gasteiger partial charge < -0.3 is 10.2 Å². The van der Waals surface area contributed by atoms with Gasteiger partial charge in [-0.05, 0) is 24.5 Å². The van der Waals surface area contributed by atoms with Gasteiger partial charge in [-0.15, -0.1) is 5.10 Å². The van der Waals surface area contributed by atoms with Crippen molar-refractivity contribution in [1.29, 1.82) is 0 Å². The van der Waals surface area contributed by atoms with E-state index in [4.69, 9.17) is 0 Å². The maximum absolute atomic E-state index is 11.6. The van der Waals surface area contributed by atoms with Crippen LogP contribution >= 0.6 is 0 Å². The normalized spacial score (nSPS) is 19.2. The average molecular weight is 347 g/mol. The second-order valence-corrected chi connectivity index (χ2v) is 8.31. The summed E-state index contributed by atoms with van der Waals surface area (Å²) < 4.78 is 23.3. The number of sulfone groups is 1. The quantitative estimate of drug-likeness (QED) is 0.875. The molecule has 1 saturated heterocycles. The van der Waals surface area contributed by atoms with E-state index in [1.807, 2.05) is 24.1 Å². The van der Waals surface area contributed by atoms with Crippen molar-refractivity contribution in [3.8, 4) is 0 Å². The fourth-order valence-electron chi connectivity index (χ4n) is 2.79. The highest BCUT2D eigenvalue weighted by molar-refractivity contribution is 7.91. The summed E-state index contributed by atoms with van der Waals surface area (Å²) >= 11 is 0. The first kappa shape index (κ1) is 16.6. The Morgan fingerprint density at radius 2 is 2.12 bits per heavy atom. The number of benzene rings is 1. The second-order valence-electron chi connectivity index (χ2n) is 6.09. The minimum atomic E-state index is -2.93. The summed E-state index contributed by atoms with van der Waals surface area (Å²) in [6.07, 6.45) is 2.18. The summed E-state index contributed by atoms with van der Waals surface area (Å²) in [6, 6.07) is 8.04. The Bertz CT molecular complexity index is 825. The van der Waals surface area contributed by atoms with Crippen molar-refractivity contribution in [1.82, 2.24) is 15.2 Å². The second kappa shape index (κ2) is 6.72. The third kappa shape index (κ3) is 3.81. The first-order valence-electron chi connectivity index (χ1n) is 7.86. The van der Waals surface area contributed by atoms with Gasteiger partial charge in [0.15, 0.2) is 15.7 Å². The minimum Gasteiger partial charge on any atom is -0.354 e. The molecule has 1 atom stereocenters. The summed E-state index contributed by atoms with van der Waals surface area (Å²) in [4.78, 5) is 6.33. The topological polar surface area (TPSA) is 88.1 Å². The SMILES string of the molecule is Cc1ccccc1CNc1nncc(N(C)C2CCS(=O)(=O)C2)n1. The van der Waals surface area contributed by atoms with Crippen molar-refractivity contribution in [2.75, 3.05) is 28.8 Å². The lowest BCUT2D eigenvalue weighted by Gasteiger charge is -2.24. The molecule has 1 unspecified atom stereocenters.